The number of aromatic nitrogens is 4. The van der Waals surface area contributed by atoms with E-state index in [1.807, 2.05) is 24.3 Å². The molecule has 188 valence electrons. The van der Waals surface area contributed by atoms with Crippen LogP contribution in [0, 0.1) is 11.3 Å². The highest BCUT2D eigenvalue weighted by molar-refractivity contribution is 5.86. The van der Waals surface area contributed by atoms with E-state index in [1.54, 1.807) is 16.8 Å². The molecule has 1 saturated carbocycles. The number of rotatable bonds is 4. The van der Waals surface area contributed by atoms with Gasteiger partial charge >= 0.3 is 0 Å². The average molecular weight is 496 g/mol. The highest BCUT2D eigenvalue weighted by Gasteiger charge is 2.23. The van der Waals surface area contributed by atoms with Crippen LogP contribution in [0.15, 0.2) is 46.1 Å². The summed E-state index contributed by atoms with van der Waals surface area (Å²) in [4.78, 5) is 40.4. The van der Waals surface area contributed by atoms with Crippen molar-refractivity contribution in [2.45, 2.75) is 50.5 Å². The van der Waals surface area contributed by atoms with Crippen molar-refractivity contribution in [2.24, 2.45) is 0 Å². The number of likely N-dealkylation sites (tertiary alicyclic amines) is 1. The Hall–Kier alpha value is -4.03. The van der Waals surface area contributed by atoms with Gasteiger partial charge < -0.3 is 15.2 Å². The summed E-state index contributed by atoms with van der Waals surface area (Å²) in [5, 5.41) is 14.9. The van der Waals surface area contributed by atoms with E-state index in [1.165, 1.54) is 0 Å². The number of benzene rings is 1. The maximum Gasteiger partial charge on any atom is 0.270 e. The van der Waals surface area contributed by atoms with Crippen molar-refractivity contribution in [1.82, 2.24) is 24.4 Å². The normalized spacial score (nSPS) is 17.4. The Labute approximate surface area is 213 Å². The number of H-pyrrole nitrogens is 1. The predicted molar refractivity (Wildman–Crippen MR) is 143 cm³/mol. The number of hydrogen-bond donors (Lipinski definition) is 2. The van der Waals surface area contributed by atoms with Crippen molar-refractivity contribution in [2.75, 3.05) is 25.5 Å². The SMILES string of the molecule is CN1CCC(c2cc3cc(Nc4ncc5cc(C#N)c(=O)n(C6CCCC6)c5n4)ccc3c(=O)[nH]2)CC1. The molecule has 1 saturated heterocycles. The summed E-state index contributed by atoms with van der Waals surface area (Å²) < 4.78 is 1.68. The fourth-order valence-corrected chi connectivity index (χ4v) is 5.80. The quantitative estimate of drug-likeness (QED) is 0.436. The first-order valence-electron chi connectivity index (χ1n) is 12.9. The van der Waals surface area contributed by atoms with Crippen LogP contribution in [0.4, 0.5) is 11.6 Å². The van der Waals surface area contributed by atoms with Crippen LogP contribution in [0.1, 0.15) is 61.7 Å². The van der Waals surface area contributed by atoms with Gasteiger partial charge in [0.1, 0.15) is 17.3 Å². The van der Waals surface area contributed by atoms with E-state index in [-0.39, 0.29) is 22.7 Å². The molecule has 1 aliphatic heterocycles. The number of nitriles is 1. The van der Waals surface area contributed by atoms with Gasteiger partial charge in [-0.3, -0.25) is 14.2 Å². The third-order valence-corrected chi connectivity index (χ3v) is 7.86. The van der Waals surface area contributed by atoms with Crippen molar-refractivity contribution >= 4 is 33.4 Å². The maximum absolute atomic E-state index is 13.1. The van der Waals surface area contributed by atoms with Crippen molar-refractivity contribution < 1.29 is 0 Å². The maximum atomic E-state index is 13.1. The Morgan fingerprint density at radius 1 is 1.05 bits per heavy atom. The number of nitrogens with zero attached hydrogens (tertiary/aromatic N) is 5. The standard InChI is InChI=1S/C28H29N7O2/c1-34-10-8-17(9-11-34)24-14-18-13-21(6-7-23(18)26(36)32-24)31-28-30-16-20-12-19(15-29)27(37)35(25(20)33-28)22-4-2-3-5-22/h6-7,12-14,16-17,22H,2-5,8-11H2,1H3,(H,32,36)(H,30,31,33). The first-order valence-corrected chi connectivity index (χ1v) is 12.9. The van der Waals surface area contributed by atoms with Gasteiger partial charge in [0.2, 0.25) is 5.95 Å². The van der Waals surface area contributed by atoms with Crippen LogP contribution in [-0.2, 0) is 0 Å². The van der Waals surface area contributed by atoms with Crippen LogP contribution in [0.25, 0.3) is 21.8 Å². The highest BCUT2D eigenvalue weighted by atomic mass is 16.1. The zero-order chi connectivity index (χ0) is 25.5. The van der Waals surface area contributed by atoms with Crippen LogP contribution < -0.4 is 16.4 Å². The molecule has 6 rings (SSSR count). The smallest absolute Gasteiger partial charge is 0.270 e. The molecule has 0 amide bonds. The van der Waals surface area contributed by atoms with Crippen molar-refractivity contribution in [3.63, 3.8) is 0 Å². The molecule has 1 aromatic carbocycles. The van der Waals surface area contributed by atoms with E-state index in [0.29, 0.717) is 28.3 Å². The molecule has 0 atom stereocenters. The number of fused-ring (bicyclic) bond motifs is 2. The second-order valence-electron chi connectivity index (χ2n) is 10.3. The lowest BCUT2D eigenvalue weighted by Gasteiger charge is -2.29. The molecule has 9 heteroatoms. The van der Waals surface area contributed by atoms with Crippen LogP contribution in [0.3, 0.4) is 0 Å². The lowest BCUT2D eigenvalue weighted by Crippen LogP contribution is -2.30. The molecule has 2 aliphatic rings. The van der Waals surface area contributed by atoms with Gasteiger partial charge in [-0.2, -0.15) is 10.2 Å². The van der Waals surface area contributed by atoms with Gasteiger partial charge in [-0.1, -0.05) is 12.8 Å². The van der Waals surface area contributed by atoms with Crippen LogP contribution in [0.2, 0.25) is 0 Å². The molecule has 1 aliphatic carbocycles. The minimum Gasteiger partial charge on any atom is -0.325 e. The number of nitrogens with one attached hydrogen (secondary N) is 2. The van der Waals surface area contributed by atoms with Crippen LogP contribution in [0.5, 0.6) is 0 Å². The van der Waals surface area contributed by atoms with Crippen molar-refractivity contribution in [3.05, 3.63) is 68.5 Å². The molecular weight excluding hydrogens is 466 g/mol. The summed E-state index contributed by atoms with van der Waals surface area (Å²) >= 11 is 0. The van der Waals surface area contributed by atoms with Crippen molar-refractivity contribution in [1.29, 1.82) is 5.26 Å². The van der Waals surface area contributed by atoms with E-state index < -0.39 is 0 Å². The number of hydrogen-bond acceptors (Lipinski definition) is 7. The molecule has 3 aromatic heterocycles. The second kappa shape index (κ2) is 9.45. The molecule has 4 aromatic rings. The zero-order valence-electron chi connectivity index (χ0n) is 20.8. The minimum atomic E-state index is -0.294. The van der Waals surface area contributed by atoms with Gasteiger partial charge in [0.25, 0.3) is 11.1 Å². The largest absolute Gasteiger partial charge is 0.325 e. The van der Waals surface area contributed by atoms with Crippen LogP contribution in [-0.4, -0.2) is 44.6 Å². The minimum absolute atomic E-state index is 0.0384. The fourth-order valence-electron chi connectivity index (χ4n) is 5.80. The van der Waals surface area contributed by atoms with Gasteiger partial charge in [0.05, 0.1) is 0 Å². The molecule has 0 bridgehead atoms. The molecule has 2 fully saturated rings. The number of anilines is 2. The molecule has 0 spiro atoms. The molecule has 4 heterocycles. The molecule has 2 N–H and O–H groups in total. The zero-order valence-corrected chi connectivity index (χ0v) is 20.8. The Bertz CT molecular complexity index is 1650. The molecule has 9 nitrogen and oxygen atoms in total. The summed E-state index contributed by atoms with van der Waals surface area (Å²) in [5.41, 5.74) is 2.03. The third-order valence-electron chi connectivity index (χ3n) is 7.86. The highest BCUT2D eigenvalue weighted by Crippen LogP contribution is 2.31. The molecule has 37 heavy (non-hydrogen) atoms. The summed E-state index contributed by atoms with van der Waals surface area (Å²) in [5.74, 6) is 0.711. The summed E-state index contributed by atoms with van der Waals surface area (Å²) in [7, 11) is 2.13. The number of piperidine rings is 1. The van der Waals surface area contributed by atoms with Gasteiger partial charge in [-0.15, -0.1) is 0 Å². The molecule has 0 unspecified atom stereocenters. The monoisotopic (exact) mass is 495 g/mol. The average Bonchev–Trinajstić information content (AvgIpc) is 3.43. The van der Waals surface area contributed by atoms with E-state index in [2.05, 4.69) is 33.3 Å². The lowest BCUT2D eigenvalue weighted by molar-refractivity contribution is 0.253. The topological polar surface area (TPSA) is 120 Å². The number of pyridine rings is 2. The first kappa shape index (κ1) is 23.4. The fraction of sp³-hybridized carbons (Fsp3) is 0.393. The first-order chi connectivity index (χ1) is 18.0. The van der Waals surface area contributed by atoms with Crippen molar-refractivity contribution in [3.8, 4) is 6.07 Å². The van der Waals surface area contributed by atoms with Gasteiger partial charge in [-0.05, 0) is 81.5 Å². The van der Waals surface area contributed by atoms with E-state index >= 15 is 0 Å². The second-order valence-corrected chi connectivity index (χ2v) is 10.3. The van der Waals surface area contributed by atoms with E-state index in [9.17, 15) is 14.9 Å². The van der Waals surface area contributed by atoms with E-state index in [4.69, 9.17) is 4.98 Å². The Morgan fingerprint density at radius 2 is 1.84 bits per heavy atom. The Morgan fingerprint density at radius 3 is 2.59 bits per heavy atom. The summed E-state index contributed by atoms with van der Waals surface area (Å²) in [6, 6.07) is 11.3. The molecule has 0 radical (unpaired) electrons. The van der Waals surface area contributed by atoms with Gasteiger partial charge in [-0.25, -0.2) is 4.98 Å². The lowest BCUT2D eigenvalue weighted by atomic mass is 9.92. The van der Waals surface area contributed by atoms with Gasteiger partial charge in [0.15, 0.2) is 0 Å². The molecular formula is C28H29N7O2. The summed E-state index contributed by atoms with van der Waals surface area (Å²) in [6.45, 7) is 2.04. The Kier molecular flexibility index (Phi) is 5.97. The number of aromatic amines is 1. The predicted octanol–water partition coefficient (Wildman–Crippen LogP) is 4.17. The Balaban J connectivity index is 1.36. The van der Waals surface area contributed by atoms with E-state index in [0.717, 1.165) is 68.4 Å². The summed E-state index contributed by atoms with van der Waals surface area (Å²) in [6.07, 6.45) is 7.61. The van der Waals surface area contributed by atoms with Crippen LogP contribution >= 0.6 is 0 Å². The third kappa shape index (κ3) is 4.38. The van der Waals surface area contributed by atoms with Gasteiger partial charge in [0, 0.05) is 40.3 Å².